The zero-order chi connectivity index (χ0) is 15.6. The van der Waals surface area contributed by atoms with E-state index in [1.54, 1.807) is 18.2 Å². The molecule has 21 heavy (non-hydrogen) atoms. The molecular formula is C14H12BrFN2O3. The Morgan fingerprint density at radius 1 is 1.38 bits per heavy atom. The molecule has 0 spiro atoms. The SMILES string of the molecule is C[C@H](N)c1ccc(Oc2c(F)cccc2[N+](=O)[O-])c(Br)c1. The van der Waals surface area contributed by atoms with Crippen LogP contribution < -0.4 is 10.5 Å². The summed E-state index contributed by atoms with van der Waals surface area (Å²) in [6.07, 6.45) is 0. The molecule has 2 aromatic carbocycles. The van der Waals surface area contributed by atoms with Crippen LogP contribution in [0.25, 0.3) is 0 Å². The lowest BCUT2D eigenvalue weighted by Crippen LogP contribution is -2.04. The highest BCUT2D eigenvalue weighted by Crippen LogP contribution is 2.37. The molecule has 110 valence electrons. The van der Waals surface area contributed by atoms with Crippen molar-refractivity contribution in [3.05, 3.63) is 62.4 Å². The monoisotopic (exact) mass is 354 g/mol. The third kappa shape index (κ3) is 3.37. The lowest BCUT2D eigenvalue weighted by Gasteiger charge is -2.11. The smallest absolute Gasteiger partial charge is 0.314 e. The van der Waals surface area contributed by atoms with Crippen molar-refractivity contribution in [2.75, 3.05) is 0 Å². The Morgan fingerprint density at radius 2 is 2.10 bits per heavy atom. The van der Waals surface area contributed by atoms with Crippen LogP contribution >= 0.6 is 15.9 Å². The van der Waals surface area contributed by atoms with Crippen molar-refractivity contribution in [3.8, 4) is 11.5 Å². The van der Waals surface area contributed by atoms with Crippen LogP contribution in [0.5, 0.6) is 11.5 Å². The number of nitrogens with zero attached hydrogens (tertiary/aromatic N) is 1. The summed E-state index contributed by atoms with van der Waals surface area (Å²) in [6.45, 7) is 1.82. The molecule has 2 N–H and O–H groups in total. The van der Waals surface area contributed by atoms with Gasteiger partial charge in [-0.05, 0) is 46.6 Å². The minimum Gasteiger partial charge on any atom is -0.446 e. The van der Waals surface area contributed by atoms with Gasteiger partial charge in [-0.1, -0.05) is 12.1 Å². The van der Waals surface area contributed by atoms with Gasteiger partial charge in [0.15, 0.2) is 5.82 Å². The number of hydrogen-bond acceptors (Lipinski definition) is 4. The highest BCUT2D eigenvalue weighted by molar-refractivity contribution is 9.10. The van der Waals surface area contributed by atoms with E-state index in [1.807, 2.05) is 6.92 Å². The second-order valence-corrected chi connectivity index (χ2v) is 5.28. The predicted molar refractivity (Wildman–Crippen MR) is 79.9 cm³/mol. The third-order valence-corrected chi connectivity index (χ3v) is 3.46. The van der Waals surface area contributed by atoms with Gasteiger partial charge < -0.3 is 10.5 Å². The van der Waals surface area contributed by atoms with E-state index in [2.05, 4.69) is 15.9 Å². The van der Waals surface area contributed by atoms with Crippen LogP contribution in [0.4, 0.5) is 10.1 Å². The standard InChI is InChI=1S/C14H12BrFN2O3/c1-8(17)9-5-6-13(10(15)7-9)21-14-11(16)3-2-4-12(14)18(19)20/h2-8H,17H2,1H3/t8-/m0/s1. The molecule has 0 heterocycles. The van der Waals surface area contributed by atoms with E-state index in [-0.39, 0.29) is 11.8 Å². The van der Waals surface area contributed by atoms with Crippen molar-refractivity contribution < 1.29 is 14.1 Å². The minimum atomic E-state index is -0.799. The van der Waals surface area contributed by atoms with Crippen LogP contribution in [0.3, 0.4) is 0 Å². The molecule has 0 radical (unpaired) electrons. The number of hydrogen-bond donors (Lipinski definition) is 1. The first-order valence-electron chi connectivity index (χ1n) is 6.06. The minimum absolute atomic E-state index is 0.168. The van der Waals surface area contributed by atoms with E-state index >= 15 is 0 Å². The predicted octanol–water partition coefficient (Wildman–Crippen LogP) is 4.31. The maximum Gasteiger partial charge on any atom is 0.314 e. The Hall–Kier alpha value is -1.99. The number of nitro groups is 1. The highest BCUT2D eigenvalue weighted by Gasteiger charge is 2.21. The number of para-hydroxylation sites is 1. The van der Waals surface area contributed by atoms with Gasteiger partial charge in [-0.3, -0.25) is 10.1 Å². The summed E-state index contributed by atoms with van der Waals surface area (Å²) in [5.74, 6) is -0.947. The van der Waals surface area contributed by atoms with Gasteiger partial charge in [-0.25, -0.2) is 4.39 Å². The first-order valence-corrected chi connectivity index (χ1v) is 6.85. The molecule has 1 atom stereocenters. The molecule has 0 aliphatic rings. The number of nitrogens with two attached hydrogens (primary N) is 1. The Kier molecular flexibility index (Phi) is 4.54. The van der Waals surface area contributed by atoms with Gasteiger partial charge in [-0.15, -0.1) is 0 Å². The van der Waals surface area contributed by atoms with Crippen molar-refractivity contribution in [2.45, 2.75) is 13.0 Å². The van der Waals surface area contributed by atoms with Gasteiger partial charge in [0.05, 0.1) is 9.40 Å². The maximum absolute atomic E-state index is 13.8. The van der Waals surface area contributed by atoms with Gasteiger partial charge >= 0.3 is 5.69 Å². The summed E-state index contributed by atoms with van der Waals surface area (Å²) in [4.78, 5) is 10.2. The Bertz CT molecular complexity index is 692. The summed E-state index contributed by atoms with van der Waals surface area (Å²) < 4.78 is 19.7. The second-order valence-electron chi connectivity index (χ2n) is 4.43. The van der Waals surface area contributed by atoms with Crippen molar-refractivity contribution >= 4 is 21.6 Å². The topological polar surface area (TPSA) is 78.4 Å². The molecule has 0 amide bonds. The number of benzene rings is 2. The summed E-state index contributed by atoms with van der Waals surface area (Å²) in [5.41, 5.74) is 6.19. The summed E-state index contributed by atoms with van der Waals surface area (Å²) in [6, 6.07) is 8.41. The fraction of sp³-hybridized carbons (Fsp3) is 0.143. The zero-order valence-electron chi connectivity index (χ0n) is 11.0. The first kappa shape index (κ1) is 15.4. The van der Waals surface area contributed by atoms with Crippen molar-refractivity contribution in [3.63, 3.8) is 0 Å². The van der Waals surface area contributed by atoms with E-state index in [0.29, 0.717) is 4.47 Å². The molecular weight excluding hydrogens is 343 g/mol. The van der Waals surface area contributed by atoms with E-state index in [9.17, 15) is 14.5 Å². The summed E-state index contributed by atoms with van der Waals surface area (Å²) in [7, 11) is 0. The number of rotatable bonds is 4. The average molecular weight is 355 g/mol. The van der Waals surface area contributed by atoms with Gasteiger partial charge in [-0.2, -0.15) is 0 Å². The fourth-order valence-electron chi connectivity index (χ4n) is 1.74. The molecule has 0 bridgehead atoms. The van der Waals surface area contributed by atoms with Gasteiger partial charge in [0, 0.05) is 12.1 Å². The van der Waals surface area contributed by atoms with Crippen LogP contribution in [0.2, 0.25) is 0 Å². The van der Waals surface area contributed by atoms with Crippen LogP contribution in [-0.4, -0.2) is 4.92 Å². The third-order valence-electron chi connectivity index (χ3n) is 2.84. The number of ether oxygens (including phenoxy) is 1. The Balaban J connectivity index is 2.41. The molecule has 0 saturated carbocycles. The lowest BCUT2D eigenvalue weighted by atomic mass is 10.1. The Morgan fingerprint density at radius 3 is 2.67 bits per heavy atom. The Labute approximate surface area is 128 Å². The van der Waals surface area contributed by atoms with Crippen molar-refractivity contribution in [2.24, 2.45) is 5.73 Å². The molecule has 0 saturated heterocycles. The van der Waals surface area contributed by atoms with Crippen molar-refractivity contribution in [1.29, 1.82) is 0 Å². The van der Waals surface area contributed by atoms with E-state index in [1.165, 1.54) is 12.1 Å². The molecule has 2 rings (SSSR count). The van der Waals surface area contributed by atoms with E-state index in [0.717, 1.165) is 11.6 Å². The zero-order valence-corrected chi connectivity index (χ0v) is 12.6. The average Bonchev–Trinajstić information content (AvgIpc) is 2.42. The largest absolute Gasteiger partial charge is 0.446 e. The van der Waals surface area contributed by atoms with Gasteiger partial charge in [0.1, 0.15) is 5.75 Å². The van der Waals surface area contributed by atoms with Gasteiger partial charge in [0.2, 0.25) is 5.75 Å². The molecule has 0 fully saturated rings. The molecule has 7 heteroatoms. The first-order chi connectivity index (χ1) is 9.90. The van der Waals surface area contributed by atoms with E-state index in [4.69, 9.17) is 10.5 Å². The van der Waals surface area contributed by atoms with Gasteiger partial charge in [0.25, 0.3) is 0 Å². The second kappa shape index (κ2) is 6.19. The molecule has 0 aliphatic carbocycles. The van der Waals surface area contributed by atoms with Crippen molar-refractivity contribution in [1.82, 2.24) is 0 Å². The molecule has 2 aromatic rings. The maximum atomic E-state index is 13.8. The van der Waals surface area contributed by atoms with Crippen LogP contribution in [0.1, 0.15) is 18.5 Å². The molecule has 0 aromatic heterocycles. The molecule has 0 aliphatic heterocycles. The lowest BCUT2D eigenvalue weighted by molar-refractivity contribution is -0.385. The summed E-state index contributed by atoms with van der Waals surface area (Å²) >= 11 is 3.29. The van der Waals surface area contributed by atoms with Crippen LogP contribution in [-0.2, 0) is 0 Å². The van der Waals surface area contributed by atoms with E-state index < -0.39 is 22.2 Å². The summed E-state index contributed by atoms with van der Waals surface area (Å²) in [5, 5.41) is 10.9. The fourth-order valence-corrected chi connectivity index (χ4v) is 2.21. The van der Waals surface area contributed by atoms with Crippen LogP contribution in [0.15, 0.2) is 40.9 Å². The number of nitro benzene ring substituents is 1. The highest BCUT2D eigenvalue weighted by atomic mass is 79.9. The number of halogens is 2. The molecule has 5 nitrogen and oxygen atoms in total. The molecule has 0 unspecified atom stereocenters. The normalized spacial score (nSPS) is 12.0. The quantitative estimate of drug-likeness (QED) is 0.655. The van der Waals surface area contributed by atoms with Crippen LogP contribution in [0, 0.1) is 15.9 Å².